The van der Waals surface area contributed by atoms with Crippen molar-refractivity contribution in [3.05, 3.63) is 70.5 Å². The van der Waals surface area contributed by atoms with Crippen molar-refractivity contribution in [3.63, 3.8) is 0 Å². The summed E-state index contributed by atoms with van der Waals surface area (Å²) in [5, 5.41) is 10.8. The Morgan fingerprint density at radius 3 is 2.80 bits per heavy atom. The highest BCUT2D eigenvalue weighted by atomic mass is 79.9. The molecule has 0 bridgehead atoms. The van der Waals surface area contributed by atoms with Crippen LogP contribution in [0.4, 0.5) is 0 Å². The Kier molecular flexibility index (Phi) is 5.25. The average molecular weight is 398 g/mol. The first-order chi connectivity index (χ1) is 12.1. The van der Waals surface area contributed by atoms with Crippen LogP contribution >= 0.6 is 15.9 Å². The number of benzene rings is 1. The van der Waals surface area contributed by atoms with Crippen LogP contribution in [-0.4, -0.2) is 26.9 Å². The largest absolute Gasteiger partial charge is 0.349 e. The predicted octanol–water partition coefficient (Wildman–Crippen LogP) is 3.57. The fourth-order valence-electron chi connectivity index (χ4n) is 2.26. The zero-order valence-electron chi connectivity index (χ0n) is 13.5. The molecule has 0 spiro atoms. The minimum atomic E-state index is -0.357. The summed E-state index contributed by atoms with van der Waals surface area (Å²) in [5.41, 5.74) is 5.47. The van der Waals surface area contributed by atoms with E-state index in [1.165, 1.54) is 6.21 Å². The lowest BCUT2D eigenvalue weighted by Crippen LogP contribution is -2.17. The molecule has 2 N–H and O–H groups in total. The van der Waals surface area contributed by atoms with E-state index >= 15 is 0 Å². The zero-order valence-corrected chi connectivity index (χ0v) is 15.1. The van der Waals surface area contributed by atoms with Crippen LogP contribution in [0.3, 0.4) is 0 Å². The number of nitrogens with zero attached hydrogens (tertiary/aromatic N) is 3. The van der Waals surface area contributed by atoms with Crippen LogP contribution in [0, 0.1) is 0 Å². The van der Waals surface area contributed by atoms with Crippen molar-refractivity contribution < 1.29 is 4.79 Å². The van der Waals surface area contributed by atoms with Crippen molar-refractivity contribution in [2.24, 2.45) is 12.1 Å². The van der Waals surface area contributed by atoms with Crippen LogP contribution in [0.5, 0.6) is 0 Å². The molecule has 0 unspecified atom stereocenters. The standard InChI is InChI=1S/C18H16BrN5O/c1-24-9-5-8-17(24)15-11-16(22-21-15)18(25)23-20-12-14(19)10-13-6-3-2-4-7-13/h2-12H,1H3,(H,21,22)(H,23,25). The van der Waals surface area contributed by atoms with Crippen LogP contribution in [0.15, 0.2) is 64.3 Å². The molecule has 7 heteroatoms. The van der Waals surface area contributed by atoms with Crippen molar-refractivity contribution in [1.29, 1.82) is 0 Å². The number of halogens is 1. The lowest BCUT2D eigenvalue weighted by atomic mass is 10.2. The molecule has 0 atom stereocenters. The number of carbonyl (C=O) groups is 1. The maximum absolute atomic E-state index is 12.1. The summed E-state index contributed by atoms with van der Waals surface area (Å²) in [5.74, 6) is -0.357. The van der Waals surface area contributed by atoms with E-state index in [1.807, 2.05) is 66.4 Å². The summed E-state index contributed by atoms with van der Waals surface area (Å²) >= 11 is 3.40. The summed E-state index contributed by atoms with van der Waals surface area (Å²) in [4.78, 5) is 12.1. The minimum Gasteiger partial charge on any atom is -0.349 e. The third-order valence-corrected chi connectivity index (χ3v) is 3.92. The van der Waals surface area contributed by atoms with Gasteiger partial charge in [0, 0.05) is 17.7 Å². The molecule has 0 aliphatic rings. The number of H-pyrrole nitrogens is 1. The molecule has 3 rings (SSSR count). The monoisotopic (exact) mass is 397 g/mol. The highest BCUT2D eigenvalue weighted by Crippen LogP contribution is 2.17. The summed E-state index contributed by atoms with van der Waals surface area (Å²) < 4.78 is 2.68. The molecular weight excluding hydrogens is 382 g/mol. The normalized spacial score (nSPS) is 11.8. The molecule has 2 heterocycles. The van der Waals surface area contributed by atoms with Gasteiger partial charge in [0.2, 0.25) is 0 Å². The fraction of sp³-hybridized carbons (Fsp3) is 0.0556. The van der Waals surface area contributed by atoms with Crippen LogP contribution in [0.2, 0.25) is 0 Å². The number of allylic oxidation sites excluding steroid dienone is 1. The van der Waals surface area contributed by atoms with E-state index in [1.54, 1.807) is 6.07 Å². The molecule has 0 aliphatic carbocycles. The molecule has 6 nitrogen and oxygen atoms in total. The predicted molar refractivity (Wildman–Crippen MR) is 102 cm³/mol. The molecule has 0 saturated heterocycles. The van der Waals surface area contributed by atoms with E-state index in [9.17, 15) is 4.79 Å². The van der Waals surface area contributed by atoms with Gasteiger partial charge in [0.1, 0.15) is 11.4 Å². The Hall–Kier alpha value is -2.93. The van der Waals surface area contributed by atoms with Crippen LogP contribution in [-0.2, 0) is 7.05 Å². The fourth-order valence-corrected chi connectivity index (χ4v) is 2.62. The number of rotatable bonds is 5. The van der Waals surface area contributed by atoms with E-state index < -0.39 is 0 Å². The van der Waals surface area contributed by atoms with E-state index in [0.29, 0.717) is 11.4 Å². The molecule has 25 heavy (non-hydrogen) atoms. The highest BCUT2D eigenvalue weighted by Gasteiger charge is 2.11. The van der Waals surface area contributed by atoms with E-state index in [-0.39, 0.29) is 5.91 Å². The lowest BCUT2D eigenvalue weighted by molar-refractivity contribution is 0.0950. The number of aromatic nitrogens is 3. The smallest absolute Gasteiger partial charge is 0.289 e. The van der Waals surface area contributed by atoms with Crippen molar-refractivity contribution >= 4 is 34.1 Å². The Morgan fingerprint density at radius 2 is 2.08 bits per heavy atom. The van der Waals surface area contributed by atoms with Crippen LogP contribution in [0.25, 0.3) is 17.5 Å². The molecule has 0 saturated carbocycles. The molecule has 0 fully saturated rings. The van der Waals surface area contributed by atoms with Gasteiger partial charge in [-0.05, 0) is 45.8 Å². The average Bonchev–Trinajstić information content (AvgIpc) is 3.24. The molecule has 3 aromatic rings. The van der Waals surface area contributed by atoms with E-state index in [4.69, 9.17) is 0 Å². The lowest BCUT2D eigenvalue weighted by Gasteiger charge is -1.97. The van der Waals surface area contributed by atoms with Crippen molar-refractivity contribution in [2.45, 2.75) is 0 Å². The van der Waals surface area contributed by atoms with Gasteiger partial charge in [-0.15, -0.1) is 0 Å². The number of aromatic amines is 1. The molecule has 0 radical (unpaired) electrons. The summed E-state index contributed by atoms with van der Waals surface area (Å²) in [7, 11) is 1.92. The summed E-state index contributed by atoms with van der Waals surface area (Å²) in [6.45, 7) is 0. The summed E-state index contributed by atoms with van der Waals surface area (Å²) in [6.07, 6.45) is 5.35. The first-order valence-corrected chi connectivity index (χ1v) is 8.35. The van der Waals surface area contributed by atoms with Crippen LogP contribution < -0.4 is 5.43 Å². The van der Waals surface area contributed by atoms with Gasteiger partial charge in [0.05, 0.1) is 11.9 Å². The van der Waals surface area contributed by atoms with Crippen molar-refractivity contribution in [1.82, 2.24) is 20.2 Å². The number of aryl methyl sites for hydroxylation is 1. The first kappa shape index (κ1) is 16.9. The number of amides is 1. The number of hydrogen-bond donors (Lipinski definition) is 2. The van der Waals surface area contributed by atoms with Gasteiger partial charge in [0.25, 0.3) is 5.91 Å². The van der Waals surface area contributed by atoms with Gasteiger partial charge < -0.3 is 4.57 Å². The quantitative estimate of drug-likeness (QED) is 0.509. The number of nitrogens with one attached hydrogen (secondary N) is 2. The Balaban J connectivity index is 1.62. The second-order valence-corrected chi connectivity index (χ2v) is 6.23. The minimum absolute atomic E-state index is 0.344. The van der Waals surface area contributed by atoms with Gasteiger partial charge in [-0.1, -0.05) is 30.3 Å². The van der Waals surface area contributed by atoms with Gasteiger partial charge in [-0.3, -0.25) is 9.89 Å². The number of hydrogen-bond acceptors (Lipinski definition) is 3. The third-order valence-electron chi connectivity index (χ3n) is 3.49. The van der Waals surface area contributed by atoms with Gasteiger partial charge in [-0.2, -0.15) is 10.2 Å². The van der Waals surface area contributed by atoms with Gasteiger partial charge >= 0.3 is 0 Å². The maximum atomic E-state index is 12.1. The molecule has 2 aromatic heterocycles. The second-order valence-electron chi connectivity index (χ2n) is 5.31. The van der Waals surface area contributed by atoms with Crippen molar-refractivity contribution in [2.75, 3.05) is 0 Å². The Morgan fingerprint density at radius 1 is 1.28 bits per heavy atom. The number of hydrazone groups is 1. The molecule has 0 aliphatic heterocycles. The number of carbonyl (C=O) groups excluding carboxylic acids is 1. The summed E-state index contributed by atoms with van der Waals surface area (Å²) in [6, 6.07) is 15.4. The van der Waals surface area contributed by atoms with E-state index in [2.05, 4.69) is 36.7 Å². The molecule has 1 amide bonds. The first-order valence-electron chi connectivity index (χ1n) is 7.56. The van der Waals surface area contributed by atoms with E-state index in [0.717, 1.165) is 15.7 Å². The second kappa shape index (κ2) is 7.76. The molecule has 126 valence electrons. The Labute approximate surface area is 153 Å². The topological polar surface area (TPSA) is 75.1 Å². The highest BCUT2D eigenvalue weighted by molar-refractivity contribution is 9.12. The SMILES string of the molecule is Cn1cccc1-c1cc(C(=O)NN=CC(Br)=Cc2ccccc2)[nH]n1. The Bertz CT molecular complexity index is 924. The van der Waals surface area contributed by atoms with Crippen LogP contribution in [0.1, 0.15) is 16.1 Å². The molecule has 1 aromatic carbocycles. The zero-order chi connectivity index (χ0) is 17.6. The molecular formula is C18H16BrN5O. The maximum Gasteiger partial charge on any atom is 0.289 e. The third kappa shape index (κ3) is 4.33. The van der Waals surface area contributed by atoms with Crippen molar-refractivity contribution in [3.8, 4) is 11.4 Å². The van der Waals surface area contributed by atoms with Gasteiger partial charge in [0.15, 0.2) is 0 Å². The van der Waals surface area contributed by atoms with Gasteiger partial charge in [-0.25, -0.2) is 5.43 Å².